The molecular formula is C15H21N3. The van der Waals surface area contributed by atoms with Gasteiger partial charge in [0.1, 0.15) is 0 Å². The van der Waals surface area contributed by atoms with Gasteiger partial charge < -0.3 is 5.73 Å². The Kier molecular flexibility index (Phi) is 4.97. The van der Waals surface area contributed by atoms with E-state index in [1.807, 2.05) is 29.1 Å². The molecule has 96 valence electrons. The lowest BCUT2D eigenvalue weighted by atomic mass is 10.1. The van der Waals surface area contributed by atoms with Gasteiger partial charge >= 0.3 is 0 Å². The normalized spacial score (nSPS) is 10.7. The summed E-state index contributed by atoms with van der Waals surface area (Å²) in [6.45, 7) is 0.807. The van der Waals surface area contributed by atoms with E-state index in [2.05, 4.69) is 23.3 Å². The van der Waals surface area contributed by atoms with Gasteiger partial charge in [-0.3, -0.25) is 0 Å². The SMILES string of the molecule is NCCCCCCc1ccnn1-c1ccccc1. The Morgan fingerprint density at radius 2 is 1.72 bits per heavy atom. The standard InChI is InChI=1S/C15H21N3/c16-12-7-2-1-4-10-15-11-13-17-18(15)14-8-5-3-6-9-14/h3,5-6,8-9,11,13H,1-2,4,7,10,12,16H2. The summed E-state index contributed by atoms with van der Waals surface area (Å²) in [6, 6.07) is 12.4. The highest BCUT2D eigenvalue weighted by Gasteiger charge is 2.03. The smallest absolute Gasteiger partial charge is 0.0648 e. The zero-order valence-corrected chi connectivity index (χ0v) is 10.8. The van der Waals surface area contributed by atoms with Gasteiger partial charge in [0.05, 0.1) is 5.69 Å². The van der Waals surface area contributed by atoms with Gasteiger partial charge in [-0.1, -0.05) is 31.0 Å². The third-order valence-corrected chi connectivity index (χ3v) is 3.11. The molecule has 0 radical (unpaired) electrons. The number of hydrogen-bond acceptors (Lipinski definition) is 2. The van der Waals surface area contributed by atoms with Crippen molar-refractivity contribution in [1.82, 2.24) is 9.78 Å². The summed E-state index contributed by atoms with van der Waals surface area (Å²) in [5.74, 6) is 0. The molecule has 0 spiro atoms. The molecule has 3 heteroatoms. The summed E-state index contributed by atoms with van der Waals surface area (Å²) in [4.78, 5) is 0. The molecule has 0 saturated heterocycles. The summed E-state index contributed by atoms with van der Waals surface area (Å²) in [5.41, 5.74) is 7.92. The summed E-state index contributed by atoms with van der Waals surface area (Å²) < 4.78 is 2.03. The summed E-state index contributed by atoms with van der Waals surface area (Å²) in [6.07, 6.45) is 7.78. The predicted octanol–water partition coefficient (Wildman–Crippen LogP) is 2.93. The Balaban J connectivity index is 1.92. The van der Waals surface area contributed by atoms with E-state index < -0.39 is 0 Å². The van der Waals surface area contributed by atoms with E-state index >= 15 is 0 Å². The Morgan fingerprint density at radius 3 is 2.50 bits per heavy atom. The number of nitrogens with two attached hydrogens (primary N) is 1. The van der Waals surface area contributed by atoms with Crippen LogP contribution < -0.4 is 5.73 Å². The highest BCUT2D eigenvalue weighted by Crippen LogP contribution is 2.13. The van der Waals surface area contributed by atoms with Crippen molar-refractivity contribution >= 4 is 0 Å². The second-order valence-corrected chi connectivity index (χ2v) is 4.52. The Hall–Kier alpha value is -1.61. The molecule has 0 aliphatic heterocycles. The van der Waals surface area contributed by atoms with Crippen LogP contribution in [0.1, 0.15) is 31.4 Å². The number of nitrogens with zero attached hydrogens (tertiary/aromatic N) is 2. The van der Waals surface area contributed by atoms with Crippen molar-refractivity contribution in [1.29, 1.82) is 0 Å². The fraction of sp³-hybridized carbons (Fsp3) is 0.400. The monoisotopic (exact) mass is 243 g/mol. The summed E-state index contributed by atoms with van der Waals surface area (Å²) >= 11 is 0. The minimum Gasteiger partial charge on any atom is -0.330 e. The average Bonchev–Trinajstić information content (AvgIpc) is 2.88. The number of hydrogen-bond donors (Lipinski definition) is 1. The lowest BCUT2D eigenvalue weighted by Gasteiger charge is -2.07. The van der Waals surface area contributed by atoms with Crippen LogP contribution >= 0.6 is 0 Å². The molecule has 0 aliphatic rings. The van der Waals surface area contributed by atoms with Crippen molar-refractivity contribution in [3.8, 4) is 5.69 Å². The van der Waals surface area contributed by atoms with Gasteiger partial charge in [-0.15, -0.1) is 0 Å². The highest BCUT2D eigenvalue weighted by atomic mass is 15.3. The van der Waals surface area contributed by atoms with Crippen molar-refractivity contribution in [3.05, 3.63) is 48.3 Å². The van der Waals surface area contributed by atoms with E-state index in [9.17, 15) is 0 Å². The van der Waals surface area contributed by atoms with E-state index in [4.69, 9.17) is 5.73 Å². The lowest BCUT2D eigenvalue weighted by Crippen LogP contribution is -2.02. The summed E-state index contributed by atoms with van der Waals surface area (Å²) in [7, 11) is 0. The van der Waals surface area contributed by atoms with Crippen LogP contribution in [-0.4, -0.2) is 16.3 Å². The van der Waals surface area contributed by atoms with E-state index in [1.165, 1.54) is 25.0 Å². The van der Waals surface area contributed by atoms with Gasteiger partial charge in [-0.2, -0.15) is 5.10 Å². The molecule has 0 atom stereocenters. The van der Waals surface area contributed by atoms with Crippen LogP contribution in [0.5, 0.6) is 0 Å². The van der Waals surface area contributed by atoms with Crippen LogP contribution in [0.3, 0.4) is 0 Å². The number of rotatable bonds is 7. The predicted molar refractivity (Wildman–Crippen MR) is 74.8 cm³/mol. The van der Waals surface area contributed by atoms with Crippen LogP contribution in [0, 0.1) is 0 Å². The van der Waals surface area contributed by atoms with Gasteiger partial charge in [0.2, 0.25) is 0 Å². The molecule has 0 saturated carbocycles. The van der Waals surface area contributed by atoms with Crippen molar-refractivity contribution in [3.63, 3.8) is 0 Å². The quantitative estimate of drug-likeness (QED) is 0.760. The number of para-hydroxylation sites is 1. The maximum atomic E-state index is 5.49. The molecule has 0 amide bonds. The zero-order chi connectivity index (χ0) is 12.6. The molecule has 1 aromatic carbocycles. The Bertz CT molecular complexity index is 448. The molecule has 2 N–H and O–H groups in total. The largest absolute Gasteiger partial charge is 0.330 e. The molecule has 0 fully saturated rings. The number of benzene rings is 1. The minimum absolute atomic E-state index is 0.807. The van der Waals surface area contributed by atoms with Crippen LogP contribution in [-0.2, 0) is 6.42 Å². The highest BCUT2D eigenvalue weighted by molar-refractivity contribution is 5.32. The van der Waals surface area contributed by atoms with Crippen LogP contribution in [0.15, 0.2) is 42.6 Å². The second-order valence-electron chi connectivity index (χ2n) is 4.52. The van der Waals surface area contributed by atoms with Crippen LogP contribution in [0.4, 0.5) is 0 Å². The van der Waals surface area contributed by atoms with Gasteiger partial charge in [0, 0.05) is 11.9 Å². The second kappa shape index (κ2) is 6.97. The first-order chi connectivity index (χ1) is 8.92. The topological polar surface area (TPSA) is 43.8 Å². The van der Waals surface area contributed by atoms with E-state index in [-0.39, 0.29) is 0 Å². The molecule has 2 rings (SSSR count). The third kappa shape index (κ3) is 3.44. The fourth-order valence-electron chi connectivity index (χ4n) is 2.13. The van der Waals surface area contributed by atoms with Crippen molar-refractivity contribution < 1.29 is 0 Å². The fourth-order valence-corrected chi connectivity index (χ4v) is 2.13. The van der Waals surface area contributed by atoms with Crippen LogP contribution in [0.25, 0.3) is 5.69 Å². The molecular weight excluding hydrogens is 222 g/mol. The van der Waals surface area contributed by atoms with Crippen molar-refractivity contribution in [2.24, 2.45) is 5.73 Å². The lowest BCUT2D eigenvalue weighted by molar-refractivity contribution is 0.632. The van der Waals surface area contributed by atoms with E-state index in [0.29, 0.717) is 0 Å². The molecule has 3 nitrogen and oxygen atoms in total. The first kappa shape index (κ1) is 12.8. The van der Waals surface area contributed by atoms with E-state index in [1.54, 1.807) is 0 Å². The van der Waals surface area contributed by atoms with E-state index in [0.717, 1.165) is 25.1 Å². The maximum Gasteiger partial charge on any atom is 0.0648 e. The van der Waals surface area contributed by atoms with Gasteiger partial charge in [0.15, 0.2) is 0 Å². The van der Waals surface area contributed by atoms with Crippen molar-refractivity contribution in [2.45, 2.75) is 32.1 Å². The van der Waals surface area contributed by atoms with Crippen LogP contribution in [0.2, 0.25) is 0 Å². The van der Waals surface area contributed by atoms with Gasteiger partial charge in [0.25, 0.3) is 0 Å². The Morgan fingerprint density at radius 1 is 0.944 bits per heavy atom. The van der Waals surface area contributed by atoms with Crippen molar-refractivity contribution in [2.75, 3.05) is 6.54 Å². The third-order valence-electron chi connectivity index (χ3n) is 3.11. The average molecular weight is 243 g/mol. The van der Waals surface area contributed by atoms with Gasteiger partial charge in [-0.05, 0) is 44.0 Å². The number of aryl methyl sites for hydroxylation is 1. The maximum absolute atomic E-state index is 5.49. The first-order valence-corrected chi connectivity index (χ1v) is 6.70. The number of unbranched alkanes of at least 4 members (excludes halogenated alkanes) is 3. The molecule has 2 aromatic rings. The molecule has 1 aromatic heterocycles. The molecule has 18 heavy (non-hydrogen) atoms. The zero-order valence-electron chi connectivity index (χ0n) is 10.8. The summed E-state index contributed by atoms with van der Waals surface area (Å²) in [5, 5.41) is 4.40. The minimum atomic E-state index is 0.807. The number of aromatic nitrogens is 2. The first-order valence-electron chi connectivity index (χ1n) is 6.70. The molecule has 1 heterocycles. The molecule has 0 bridgehead atoms. The Labute approximate surface area is 109 Å². The van der Waals surface area contributed by atoms with Gasteiger partial charge in [-0.25, -0.2) is 4.68 Å². The molecule has 0 aliphatic carbocycles. The molecule has 0 unspecified atom stereocenters.